The molecule has 0 bridgehead atoms. The molecule has 2 rings (SSSR count). The van der Waals surface area contributed by atoms with E-state index in [-0.39, 0.29) is 12.8 Å². The molecule has 0 aromatic heterocycles. The second-order valence-electron chi connectivity index (χ2n) is 4.73. The van der Waals surface area contributed by atoms with Gasteiger partial charge in [-0.1, -0.05) is 29.8 Å². The largest absolute Gasteiger partial charge is 0.481 e. The standard InChI is InChI=1S/C15H16O4/c16-14(17)8-11-6-3-5-10-4-1-2-7-12(10)13(11)9-15(18)19/h1-2,4,7H,3,5-6,8-9H2,(H,16,17)(H,18,19). The van der Waals surface area contributed by atoms with Crippen LogP contribution in [0.1, 0.15) is 36.8 Å². The minimum absolute atomic E-state index is 0.0725. The van der Waals surface area contributed by atoms with E-state index in [9.17, 15) is 9.59 Å². The van der Waals surface area contributed by atoms with E-state index in [0.717, 1.165) is 29.5 Å². The van der Waals surface area contributed by atoms with Crippen molar-refractivity contribution in [3.8, 4) is 0 Å². The Balaban J connectivity index is 2.51. The molecule has 1 aromatic carbocycles. The second kappa shape index (κ2) is 5.69. The molecule has 0 radical (unpaired) electrons. The molecule has 0 saturated heterocycles. The molecule has 100 valence electrons. The van der Waals surface area contributed by atoms with Crippen molar-refractivity contribution in [2.24, 2.45) is 0 Å². The van der Waals surface area contributed by atoms with Crippen molar-refractivity contribution in [2.45, 2.75) is 32.1 Å². The van der Waals surface area contributed by atoms with Gasteiger partial charge in [0.25, 0.3) is 0 Å². The van der Waals surface area contributed by atoms with Crippen LogP contribution in [0.4, 0.5) is 0 Å². The Morgan fingerprint density at radius 1 is 1.00 bits per heavy atom. The van der Waals surface area contributed by atoms with Gasteiger partial charge < -0.3 is 10.2 Å². The number of fused-ring (bicyclic) bond motifs is 1. The van der Waals surface area contributed by atoms with Crippen LogP contribution in [0.25, 0.3) is 5.57 Å². The molecule has 4 heteroatoms. The number of carbonyl (C=O) groups is 2. The van der Waals surface area contributed by atoms with E-state index in [2.05, 4.69) is 0 Å². The Morgan fingerprint density at radius 2 is 1.68 bits per heavy atom. The number of aliphatic carboxylic acids is 2. The summed E-state index contributed by atoms with van der Waals surface area (Å²) in [5, 5.41) is 18.0. The predicted molar refractivity (Wildman–Crippen MR) is 70.8 cm³/mol. The molecule has 0 atom stereocenters. The van der Waals surface area contributed by atoms with Gasteiger partial charge in [-0.15, -0.1) is 0 Å². The lowest BCUT2D eigenvalue weighted by Gasteiger charge is -2.12. The van der Waals surface area contributed by atoms with Gasteiger partial charge in [0, 0.05) is 0 Å². The molecule has 0 fully saturated rings. The average Bonchev–Trinajstić information content (AvgIpc) is 2.49. The molecule has 0 spiro atoms. The summed E-state index contributed by atoms with van der Waals surface area (Å²) in [5.41, 5.74) is 3.45. The summed E-state index contributed by atoms with van der Waals surface area (Å²) in [5.74, 6) is -1.83. The van der Waals surface area contributed by atoms with Crippen LogP contribution in [-0.2, 0) is 16.0 Å². The van der Waals surface area contributed by atoms with Crippen molar-refractivity contribution in [2.75, 3.05) is 0 Å². The number of aryl methyl sites for hydroxylation is 1. The van der Waals surface area contributed by atoms with Gasteiger partial charge in [-0.05, 0) is 36.0 Å². The van der Waals surface area contributed by atoms with Gasteiger partial charge in [-0.25, -0.2) is 0 Å². The smallest absolute Gasteiger partial charge is 0.307 e. The van der Waals surface area contributed by atoms with Crippen LogP contribution >= 0.6 is 0 Å². The fraction of sp³-hybridized carbons (Fsp3) is 0.333. The molecule has 0 saturated carbocycles. The molecule has 0 heterocycles. The minimum atomic E-state index is -0.922. The third-order valence-electron chi connectivity index (χ3n) is 3.39. The van der Waals surface area contributed by atoms with Crippen LogP contribution in [0.15, 0.2) is 29.8 Å². The molecule has 1 aliphatic carbocycles. The maximum Gasteiger partial charge on any atom is 0.307 e. The van der Waals surface area contributed by atoms with Crippen molar-refractivity contribution >= 4 is 17.5 Å². The first-order valence-corrected chi connectivity index (χ1v) is 6.30. The predicted octanol–water partition coefficient (Wildman–Crippen LogP) is 2.73. The normalized spacial score (nSPS) is 14.7. The van der Waals surface area contributed by atoms with Crippen LogP contribution in [-0.4, -0.2) is 22.2 Å². The van der Waals surface area contributed by atoms with Gasteiger partial charge in [0.15, 0.2) is 0 Å². The van der Waals surface area contributed by atoms with E-state index in [1.165, 1.54) is 0 Å². The summed E-state index contributed by atoms with van der Waals surface area (Å²) in [6.07, 6.45) is 2.20. The molecule has 0 unspecified atom stereocenters. The van der Waals surface area contributed by atoms with Crippen LogP contribution < -0.4 is 0 Å². The van der Waals surface area contributed by atoms with Gasteiger partial charge in [0.05, 0.1) is 12.8 Å². The summed E-state index contributed by atoms with van der Waals surface area (Å²) >= 11 is 0. The lowest BCUT2D eigenvalue weighted by molar-refractivity contribution is -0.137. The Labute approximate surface area is 111 Å². The summed E-state index contributed by atoms with van der Waals surface area (Å²) in [7, 11) is 0. The SMILES string of the molecule is O=C(O)CC1=C(CC(=O)O)c2ccccc2CCC1. The van der Waals surface area contributed by atoms with Gasteiger partial charge in [-0.3, -0.25) is 9.59 Å². The minimum Gasteiger partial charge on any atom is -0.481 e. The highest BCUT2D eigenvalue weighted by Gasteiger charge is 2.20. The van der Waals surface area contributed by atoms with Gasteiger partial charge >= 0.3 is 11.9 Å². The number of carboxylic acids is 2. The third kappa shape index (κ3) is 3.22. The topological polar surface area (TPSA) is 74.6 Å². The number of benzene rings is 1. The Bertz CT molecular complexity index is 543. The van der Waals surface area contributed by atoms with Crippen LogP contribution in [0.3, 0.4) is 0 Å². The number of carboxylic acid groups (broad SMARTS) is 2. The van der Waals surface area contributed by atoms with E-state index in [1.54, 1.807) is 0 Å². The highest BCUT2D eigenvalue weighted by Crippen LogP contribution is 2.33. The quantitative estimate of drug-likeness (QED) is 0.872. The summed E-state index contributed by atoms with van der Waals surface area (Å²) < 4.78 is 0. The number of rotatable bonds is 4. The maximum atomic E-state index is 11.0. The highest BCUT2D eigenvalue weighted by molar-refractivity contribution is 5.88. The van der Waals surface area contributed by atoms with E-state index >= 15 is 0 Å². The molecule has 4 nitrogen and oxygen atoms in total. The van der Waals surface area contributed by atoms with Crippen LogP contribution in [0, 0.1) is 0 Å². The van der Waals surface area contributed by atoms with Gasteiger partial charge in [0.2, 0.25) is 0 Å². The zero-order chi connectivity index (χ0) is 13.8. The van der Waals surface area contributed by atoms with Gasteiger partial charge in [-0.2, -0.15) is 0 Å². The Hall–Kier alpha value is -2.10. The summed E-state index contributed by atoms with van der Waals surface area (Å²) in [6.45, 7) is 0. The molecule has 0 aliphatic heterocycles. The van der Waals surface area contributed by atoms with E-state index in [4.69, 9.17) is 10.2 Å². The summed E-state index contributed by atoms with van der Waals surface area (Å²) in [6, 6.07) is 7.67. The molecular formula is C15H16O4. The average molecular weight is 260 g/mol. The maximum absolute atomic E-state index is 11.0. The molecule has 1 aliphatic rings. The van der Waals surface area contributed by atoms with E-state index in [0.29, 0.717) is 12.0 Å². The lowest BCUT2D eigenvalue weighted by atomic mass is 9.93. The van der Waals surface area contributed by atoms with Crippen molar-refractivity contribution in [3.63, 3.8) is 0 Å². The van der Waals surface area contributed by atoms with Crippen LogP contribution in [0.2, 0.25) is 0 Å². The fourth-order valence-electron chi connectivity index (χ4n) is 2.62. The molecule has 1 aromatic rings. The Kier molecular flexibility index (Phi) is 4.00. The van der Waals surface area contributed by atoms with Crippen molar-refractivity contribution in [1.82, 2.24) is 0 Å². The highest BCUT2D eigenvalue weighted by atomic mass is 16.4. The third-order valence-corrected chi connectivity index (χ3v) is 3.39. The van der Waals surface area contributed by atoms with Crippen molar-refractivity contribution in [3.05, 3.63) is 41.0 Å². The van der Waals surface area contributed by atoms with E-state index < -0.39 is 11.9 Å². The molecule has 19 heavy (non-hydrogen) atoms. The zero-order valence-electron chi connectivity index (χ0n) is 10.6. The number of hydrogen-bond acceptors (Lipinski definition) is 2. The first kappa shape index (κ1) is 13.3. The monoisotopic (exact) mass is 260 g/mol. The van der Waals surface area contributed by atoms with E-state index in [1.807, 2.05) is 24.3 Å². The van der Waals surface area contributed by atoms with Crippen LogP contribution in [0.5, 0.6) is 0 Å². The summed E-state index contributed by atoms with van der Waals surface area (Å²) in [4.78, 5) is 22.0. The fourth-order valence-corrected chi connectivity index (χ4v) is 2.62. The molecular weight excluding hydrogens is 244 g/mol. The van der Waals surface area contributed by atoms with Crippen molar-refractivity contribution in [1.29, 1.82) is 0 Å². The molecule has 2 N–H and O–H groups in total. The Morgan fingerprint density at radius 3 is 2.37 bits per heavy atom. The first-order chi connectivity index (χ1) is 9.08. The van der Waals surface area contributed by atoms with Gasteiger partial charge in [0.1, 0.15) is 0 Å². The lowest BCUT2D eigenvalue weighted by Crippen LogP contribution is -2.04. The first-order valence-electron chi connectivity index (χ1n) is 6.30. The second-order valence-corrected chi connectivity index (χ2v) is 4.73. The molecule has 0 amide bonds. The van der Waals surface area contributed by atoms with Crippen molar-refractivity contribution < 1.29 is 19.8 Å². The zero-order valence-corrected chi connectivity index (χ0v) is 10.6. The number of hydrogen-bond donors (Lipinski definition) is 2.